The average Bonchev–Trinajstić information content (AvgIpc) is 3.08. The second-order valence-electron chi connectivity index (χ2n) is 5.76. The zero-order valence-electron chi connectivity index (χ0n) is 14.3. The third-order valence-corrected chi connectivity index (χ3v) is 3.91. The summed E-state index contributed by atoms with van der Waals surface area (Å²) in [6, 6.07) is 14.7. The van der Waals surface area contributed by atoms with Crippen molar-refractivity contribution in [2.24, 2.45) is 0 Å². The van der Waals surface area contributed by atoms with Gasteiger partial charge in [0.25, 0.3) is 0 Å². The van der Waals surface area contributed by atoms with Crippen LogP contribution in [0.2, 0.25) is 0 Å². The van der Waals surface area contributed by atoms with Crippen molar-refractivity contribution in [1.82, 2.24) is 9.78 Å². The minimum atomic E-state index is -0.905. The highest BCUT2D eigenvalue weighted by Crippen LogP contribution is 2.24. The number of aromatic nitrogens is 2. The molecule has 0 saturated heterocycles. The lowest BCUT2D eigenvalue weighted by atomic mass is 10.1. The van der Waals surface area contributed by atoms with E-state index in [1.165, 1.54) is 12.1 Å². The molecular formula is C21H15F2N3O. The molecule has 0 amide bonds. The molecule has 0 saturated carbocycles. The van der Waals surface area contributed by atoms with E-state index in [1.54, 1.807) is 10.9 Å². The fraction of sp³-hybridized carbons (Fsp3) is 0.0952. The minimum absolute atomic E-state index is 0.290. The maximum absolute atomic E-state index is 13.8. The minimum Gasteiger partial charge on any atom is -0.289 e. The van der Waals surface area contributed by atoms with Gasteiger partial charge in [0.15, 0.2) is 5.78 Å². The Morgan fingerprint density at radius 1 is 1.11 bits per heavy atom. The summed E-state index contributed by atoms with van der Waals surface area (Å²) in [5.74, 6) is -2.58. The lowest BCUT2D eigenvalue weighted by Crippen LogP contribution is -2.02. The van der Waals surface area contributed by atoms with Crippen molar-refractivity contribution >= 4 is 11.9 Å². The van der Waals surface area contributed by atoms with Crippen molar-refractivity contribution in [2.75, 3.05) is 0 Å². The van der Waals surface area contributed by atoms with E-state index in [4.69, 9.17) is 5.26 Å². The summed E-state index contributed by atoms with van der Waals surface area (Å²) in [5, 5.41) is 13.2. The zero-order chi connectivity index (χ0) is 19.2. The van der Waals surface area contributed by atoms with E-state index in [0.717, 1.165) is 23.8 Å². The second kappa shape index (κ2) is 8.19. The van der Waals surface area contributed by atoms with E-state index in [0.29, 0.717) is 24.2 Å². The van der Waals surface area contributed by atoms with E-state index in [9.17, 15) is 13.6 Å². The standard InChI is InChI=1S/C21H15F2N3O/c22-17-8-4-9-18(23)20(17)19(27)11-10-16-14-26(13-5-12-24)25-21(16)15-6-2-1-3-7-15/h1-4,6-11,14H,5,13H2/b11-10+. The third-order valence-electron chi connectivity index (χ3n) is 3.91. The first-order chi connectivity index (χ1) is 13.1. The highest BCUT2D eigenvalue weighted by atomic mass is 19.1. The van der Waals surface area contributed by atoms with Crippen LogP contribution >= 0.6 is 0 Å². The highest BCUT2D eigenvalue weighted by Gasteiger charge is 2.15. The Morgan fingerprint density at radius 3 is 2.48 bits per heavy atom. The third kappa shape index (κ3) is 4.15. The van der Waals surface area contributed by atoms with Crippen LogP contribution in [0.5, 0.6) is 0 Å². The number of hydrogen-bond donors (Lipinski definition) is 0. The lowest BCUT2D eigenvalue weighted by molar-refractivity contribution is 0.104. The molecule has 0 fully saturated rings. The summed E-state index contributed by atoms with van der Waals surface area (Å²) >= 11 is 0. The molecule has 0 N–H and O–H groups in total. The molecule has 0 spiro atoms. The summed E-state index contributed by atoms with van der Waals surface area (Å²) in [4.78, 5) is 12.2. The molecule has 1 aromatic heterocycles. The fourth-order valence-corrected chi connectivity index (χ4v) is 2.64. The normalized spacial score (nSPS) is 10.9. The van der Waals surface area contributed by atoms with Crippen LogP contribution in [-0.4, -0.2) is 15.6 Å². The van der Waals surface area contributed by atoms with Gasteiger partial charge in [-0.2, -0.15) is 10.4 Å². The van der Waals surface area contributed by atoms with Gasteiger partial charge < -0.3 is 0 Å². The second-order valence-corrected chi connectivity index (χ2v) is 5.76. The molecule has 3 rings (SSSR count). The van der Waals surface area contributed by atoms with Crippen molar-refractivity contribution in [3.05, 3.63) is 83.6 Å². The van der Waals surface area contributed by atoms with E-state index in [2.05, 4.69) is 11.2 Å². The van der Waals surface area contributed by atoms with Crippen molar-refractivity contribution in [2.45, 2.75) is 13.0 Å². The SMILES string of the molecule is N#CCCn1cc(/C=C/C(=O)c2c(F)cccc2F)c(-c2ccccc2)n1. The van der Waals surface area contributed by atoms with E-state index in [1.807, 2.05) is 30.3 Å². The quantitative estimate of drug-likeness (QED) is 0.474. The average molecular weight is 363 g/mol. The summed E-state index contributed by atoms with van der Waals surface area (Å²) in [7, 11) is 0. The molecule has 134 valence electrons. The smallest absolute Gasteiger partial charge is 0.191 e. The van der Waals surface area contributed by atoms with Crippen LogP contribution in [0.4, 0.5) is 8.78 Å². The van der Waals surface area contributed by atoms with Gasteiger partial charge in [0.1, 0.15) is 11.6 Å². The molecule has 4 nitrogen and oxygen atoms in total. The fourth-order valence-electron chi connectivity index (χ4n) is 2.64. The van der Waals surface area contributed by atoms with Crippen LogP contribution in [0.3, 0.4) is 0 Å². The van der Waals surface area contributed by atoms with Crippen molar-refractivity contribution in [1.29, 1.82) is 5.26 Å². The molecule has 2 aromatic carbocycles. The monoisotopic (exact) mass is 363 g/mol. The number of hydrogen-bond acceptors (Lipinski definition) is 3. The number of benzene rings is 2. The lowest BCUT2D eigenvalue weighted by Gasteiger charge is -2.00. The Hall–Kier alpha value is -3.59. The first-order valence-electron chi connectivity index (χ1n) is 8.26. The summed E-state index contributed by atoms with van der Waals surface area (Å²) in [6.07, 6.45) is 4.59. The van der Waals surface area contributed by atoms with Crippen molar-refractivity contribution < 1.29 is 13.6 Å². The highest BCUT2D eigenvalue weighted by molar-refractivity contribution is 6.07. The molecule has 0 aliphatic heterocycles. The molecule has 0 aliphatic rings. The summed E-state index contributed by atoms with van der Waals surface area (Å²) in [6.45, 7) is 0.403. The van der Waals surface area contributed by atoms with Gasteiger partial charge in [-0.25, -0.2) is 8.78 Å². The van der Waals surface area contributed by atoms with Crippen molar-refractivity contribution in [3.8, 4) is 17.3 Å². The number of carbonyl (C=O) groups is 1. The number of halogens is 2. The molecule has 3 aromatic rings. The maximum atomic E-state index is 13.8. The van der Waals surface area contributed by atoms with Gasteiger partial charge in [0.2, 0.25) is 0 Å². The molecule has 0 radical (unpaired) electrons. The number of rotatable bonds is 6. The van der Waals surface area contributed by atoms with Gasteiger partial charge in [-0.15, -0.1) is 0 Å². The van der Waals surface area contributed by atoms with Crippen LogP contribution in [-0.2, 0) is 6.54 Å². The van der Waals surface area contributed by atoms with Gasteiger partial charge in [-0.05, 0) is 24.3 Å². The molecular weight excluding hydrogens is 348 g/mol. The van der Waals surface area contributed by atoms with Crippen LogP contribution in [0, 0.1) is 23.0 Å². The first kappa shape index (κ1) is 18.2. The topological polar surface area (TPSA) is 58.7 Å². The number of nitrogens with zero attached hydrogens (tertiary/aromatic N) is 3. The Bertz CT molecular complexity index is 1010. The Labute approximate surface area is 155 Å². The summed E-state index contributed by atoms with van der Waals surface area (Å²) < 4.78 is 29.2. The number of aryl methyl sites for hydroxylation is 1. The number of allylic oxidation sites excluding steroid dienone is 1. The Balaban J connectivity index is 1.96. The maximum Gasteiger partial charge on any atom is 0.191 e. The van der Waals surface area contributed by atoms with Crippen LogP contribution in [0.15, 0.2) is 60.8 Å². The largest absolute Gasteiger partial charge is 0.289 e. The number of carbonyl (C=O) groups excluding carboxylic acids is 1. The van der Waals surface area contributed by atoms with Crippen molar-refractivity contribution in [3.63, 3.8) is 0 Å². The predicted molar refractivity (Wildman–Crippen MR) is 97.6 cm³/mol. The number of ketones is 1. The zero-order valence-corrected chi connectivity index (χ0v) is 14.3. The van der Waals surface area contributed by atoms with Gasteiger partial charge in [0, 0.05) is 17.3 Å². The van der Waals surface area contributed by atoms with E-state index in [-0.39, 0.29) is 0 Å². The van der Waals surface area contributed by atoms with Gasteiger partial charge >= 0.3 is 0 Å². The summed E-state index contributed by atoms with van der Waals surface area (Å²) in [5.41, 5.74) is 1.47. The van der Waals surface area contributed by atoms with E-state index >= 15 is 0 Å². The van der Waals surface area contributed by atoms with Gasteiger partial charge in [0.05, 0.1) is 30.3 Å². The van der Waals surface area contributed by atoms with Gasteiger partial charge in [-0.1, -0.05) is 36.4 Å². The molecule has 1 heterocycles. The van der Waals surface area contributed by atoms with Gasteiger partial charge in [-0.3, -0.25) is 9.48 Å². The Kier molecular flexibility index (Phi) is 5.53. The first-order valence-corrected chi connectivity index (χ1v) is 8.26. The van der Waals surface area contributed by atoms with Crippen LogP contribution in [0.25, 0.3) is 17.3 Å². The van der Waals surface area contributed by atoms with Crippen LogP contribution in [0.1, 0.15) is 22.3 Å². The number of nitriles is 1. The van der Waals surface area contributed by atoms with Crippen LogP contribution < -0.4 is 0 Å². The Morgan fingerprint density at radius 2 is 1.81 bits per heavy atom. The van der Waals surface area contributed by atoms with E-state index < -0.39 is 23.0 Å². The predicted octanol–water partition coefficient (Wildman–Crippen LogP) is 4.64. The molecule has 27 heavy (non-hydrogen) atoms. The molecule has 0 aliphatic carbocycles. The molecule has 0 unspecified atom stereocenters. The molecule has 6 heteroatoms. The molecule has 0 atom stereocenters. The molecule has 0 bridgehead atoms.